The largest absolute Gasteiger partial charge is 0.311 e. The number of hydrogen-bond donors (Lipinski definition) is 0. The lowest BCUT2D eigenvalue weighted by atomic mass is 9.33. The number of rotatable bonds is 2. The standard InChI is InChI=1S/C56H45BN2/c1-3-13-38(14-4-1)58-50-32-45-42(40-17-7-9-19-43(40)55(45)34-23-24-35(55)26-25-34)31-48(50)57-47-21-11-12-22-49(47)59(39-15-5-2-6-16-39)54-52-41-18-8-10-20-44(41)56(36-27-28-37(56)30-29-36)46(52)33-51(58)53(54)57/h1-22,31-37H,23-30H2. The zero-order valence-electron chi connectivity index (χ0n) is 33.4. The van der Waals surface area contributed by atoms with E-state index in [1.54, 1.807) is 22.3 Å². The zero-order valence-corrected chi connectivity index (χ0v) is 33.4. The first-order chi connectivity index (χ1) is 29.3. The molecule has 2 spiro atoms. The van der Waals surface area contributed by atoms with Crippen molar-refractivity contribution in [3.8, 4) is 22.3 Å². The number of hydrogen-bond acceptors (Lipinski definition) is 2. The van der Waals surface area contributed by atoms with Crippen LogP contribution < -0.4 is 26.2 Å². The summed E-state index contributed by atoms with van der Waals surface area (Å²) in [5.74, 6) is 2.79. The molecule has 0 aromatic heterocycles. The summed E-state index contributed by atoms with van der Waals surface area (Å²) in [6, 6.07) is 59.6. The summed E-state index contributed by atoms with van der Waals surface area (Å²) in [5.41, 5.74) is 24.8. The maximum Gasteiger partial charge on any atom is 0.252 e. The Bertz CT molecular complexity index is 2930. The topological polar surface area (TPSA) is 6.48 Å². The first kappa shape index (κ1) is 32.1. The van der Waals surface area contributed by atoms with Crippen LogP contribution in [-0.4, -0.2) is 6.71 Å². The SMILES string of the molecule is c1ccc(N2c3cc4c(cc3B3c5ccccc5N(c5ccccc5)c5c3c2cc2c5-c3ccccc3C23C2CCC3CC2)-c2ccccc2C42C3CCC2CC3)cc1. The Morgan fingerprint density at radius 1 is 0.390 bits per heavy atom. The molecule has 59 heavy (non-hydrogen) atoms. The Hall–Kier alpha value is -5.80. The average molecular weight is 757 g/mol. The minimum absolute atomic E-state index is 0.0571. The highest BCUT2D eigenvalue weighted by Gasteiger charge is 2.63. The van der Waals surface area contributed by atoms with Gasteiger partial charge in [0.1, 0.15) is 0 Å². The summed E-state index contributed by atoms with van der Waals surface area (Å²) in [5, 5.41) is 0. The van der Waals surface area contributed by atoms with E-state index in [9.17, 15) is 0 Å². The van der Waals surface area contributed by atoms with E-state index in [0.29, 0.717) is 11.8 Å². The van der Waals surface area contributed by atoms with Crippen molar-refractivity contribution >= 4 is 57.2 Å². The highest BCUT2D eigenvalue weighted by molar-refractivity contribution is 7.00. The summed E-state index contributed by atoms with van der Waals surface area (Å²) in [6.07, 6.45) is 10.8. The number of benzene rings is 7. The van der Waals surface area contributed by atoms with Crippen molar-refractivity contribution < 1.29 is 0 Å². The number of nitrogens with zero attached hydrogens (tertiary/aromatic N) is 2. The van der Waals surface area contributed by atoms with Gasteiger partial charge < -0.3 is 9.80 Å². The van der Waals surface area contributed by atoms with Crippen LogP contribution >= 0.6 is 0 Å². The third-order valence-electron chi connectivity index (χ3n) is 17.5. The molecule has 0 unspecified atom stereocenters. The molecule has 4 bridgehead atoms. The summed E-state index contributed by atoms with van der Waals surface area (Å²) in [4.78, 5) is 5.42. The molecular weight excluding hydrogens is 711 g/mol. The van der Waals surface area contributed by atoms with Crippen LogP contribution in [0.5, 0.6) is 0 Å². The van der Waals surface area contributed by atoms with Crippen molar-refractivity contribution in [3.63, 3.8) is 0 Å². The van der Waals surface area contributed by atoms with E-state index in [1.807, 2.05) is 0 Å². The van der Waals surface area contributed by atoms with E-state index in [0.717, 1.165) is 11.8 Å². The van der Waals surface area contributed by atoms with Crippen LogP contribution in [0.4, 0.5) is 34.1 Å². The van der Waals surface area contributed by atoms with E-state index in [1.165, 1.54) is 124 Å². The van der Waals surface area contributed by atoms with Gasteiger partial charge in [0.25, 0.3) is 6.71 Å². The molecule has 4 saturated carbocycles. The van der Waals surface area contributed by atoms with Gasteiger partial charge in [-0.3, -0.25) is 0 Å². The van der Waals surface area contributed by atoms with Crippen LogP contribution in [0.15, 0.2) is 152 Å². The smallest absolute Gasteiger partial charge is 0.252 e. The van der Waals surface area contributed by atoms with E-state index >= 15 is 0 Å². The van der Waals surface area contributed by atoms with Gasteiger partial charge in [-0.2, -0.15) is 0 Å². The maximum absolute atomic E-state index is 2.77. The first-order valence-electron chi connectivity index (χ1n) is 22.7. The van der Waals surface area contributed by atoms with Crippen LogP contribution in [0.2, 0.25) is 0 Å². The lowest BCUT2D eigenvalue weighted by molar-refractivity contribution is 0.400. The third-order valence-corrected chi connectivity index (χ3v) is 17.5. The second kappa shape index (κ2) is 11.1. The molecule has 3 heteroatoms. The van der Waals surface area contributed by atoms with Gasteiger partial charge in [0.2, 0.25) is 0 Å². The molecule has 7 aromatic carbocycles. The second-order valence-electron chi connectivity index (χ2n) is 19.3. The fourth-order valence-electron chi connectivity index (χ4n) is 15.8. The molecule has 8 aliphatic rings. The Kier molecular flexibility index (Phi) is 6.02. The summed E-state index contributed by atoms with van der Waals surface area (Å²) >= 11 is 0. The molecular formula is C56H45BN2. The van der Waals surface area contributed by atoms with Gasteiger partial charge >= 0.3 is 0 Å². The lowest BCUT2D eigenvalue weighted by Gasteiger charge is -2.46. The van der Waals surface area contributed by atoms with E-state index in [4.69, 9.17) is 0 Å². The van der Waals surface area contributed by atoms with Crippen molar-refractivity contribution in [2.45, 2.75) is 62.2 Å². The second-order valence-corrected chi connectivity index (χ2v) is 19.3. The van der Waals surface area contributed by atoms with Crippen molar-refractivity contribution in [1.82, 2.24) is 0 Å². The fraction of sp³-hybridized carbons (Fsp3) is 0.250. The van der Waals surface area contributed by atoms with Crippen LogP contribution in [0.3, 0.4) is 0 Å². The number of para-hydroxylation sites is 3. The molecule has 0 saturated heterocycles. The predicted molar refractivity (Wildman–Crippen MR) is 244 cm³/mol. The Morgan fingerprint density at radius 2 is 0.898 bits per heavy atom. The van der Waals surface area contributed by atoms with Crippen LogP contribution in [0, 0.1) is 23.7 Å². The highest BCUT2D eigenvalue weighted by Crippen LogP contribution is 2.71. The first-order valence-corrected chi connectivity index (χ1v) is 22.7. The minimum atomic E-state index is 0.0571. The van der Waals surface area contributed by atoms with E-state index in [-0.39, 0.29) is 17.5 Å². The Morgan fingerprint density at radius 3 is 1.56 bits per heavy atom. The van der Waals surface area contributed by atoms with Gasteiger partial charge in [-0.05, 0) is 173 Å². The normalized spacial score (nSPS) is 27.5. The van der Waals surface area contributed by atoms with Crippen molar-refractivity contribution in [2.24, 2.45) is 23.7 Å². The number of anilines is 6. The maximum atomic E-state index is 2.77. The molecule has 0 radical (unpaired) electrons. The zero-order chi connectivity index (χ0) is 38.2. The molecule has 2 aliphatic heterocycles. The van der Waals surface area contributed by atoms with Crippen molar-refractivity contribution in [2.75, 3.05) is 9.80 Å². The van der Waals surface area contributed by atoms with E-state index in [2.05, 4.69) is 161 Å². The summed E-state index contributed by atoms with van der Waals surface area (Å²) < 4.78 is 0. The Balaban J connectivity index is 1.12. The minimum Gasteiger partial charge on any atom is -0.311 e. The van der Waals surface area contributed by atoms with Gasteiger partial charge in [0.15, 0.2) is 0 Å². The molecule has 0 atom stereocenters. The van der Waals surface area contributed by atoms with Gasteiger partial charge in [0, 0.05) is 44.8 Å². The summed E-state index contributed by atoms with van der Waals surface area (Å²) in [6.45, 7) is 0.0924. The predicted octanol–water partition coefficient (Wildman–Crippen LogP) is 11.9. The van der Waals surface area contributed by atoms with Crippen molar-refractivity contribution in [3.05, 3.63) is 174 Å². The molecule has 15 rings (SSSR count). The molecule has 0 N–H and O–H groups in total. The van der Waals surface area contributed by atoms with Gasteiger partial charge in [-0.25, -0.2) is 0 Å². The number of fused-ring (bicyclic) bond motifs is 11. The quantitative estimate of drug-likeness (QED) is 0.162. The highest BCUT2D eigenvalue weighted by atomic mass is 15.2. The molecule has 282 valence electrons. The molecule has 4 fully saturated rings. The van der Waals surface area contributed by atoms with E-state index < -0.39 is 0 Å². The van der Waals surface area contributed by atoms with Gasteiger partial charge in [-0.1, -0.05) is 109 Å². The van der Waals surface area contributed by atoms with Crippen LogP contribution in [-0.2, 0) is 10.8 Å². The average Bonchev–Trinajstić information content (AvgIpc) is 4.15. The lowest BCUT2D eigenvalue weighted by Crippen LogP contribution is -2.61. The van der Waals surface area contributed by atoms with Crippen LogP contribution in [0.25, 0.3) is 22.3 Å². The van der Waals surface area contributed by atoms with Crippen LogP contribution in [0.1, 0.15) is 73.6 Å². The molecule has 6 aliphatic carbocycles. The third kappa shape index (κ3) is 3.60. The fourth-order valence-corrected chi connectivity index (χ4v) is 15.8. The molecule has 2 heterocycles. The van der Waals surface area contributed by atoms with Crippen molar-refractivity contribution in [1.29, 1.82) is 0 Å². The Labute approximate surface area is 347 Å². The van der Waals surface area contributed by atoms with Gasteiger partial charge in [-0.15, -0.1) is 0 Å². The molecule has 7 aromatic rings. The summed E-state index contributed by atoms with van der Waals surface area (Å²) in [7, 11) is 0. The molecule has 0 amide bonds. The molecule has 2 nitrogen and oxygen atoms in total. The monoisotopic (exact) mass is 756 g/mol. The van der Waals surface area contributed by atoms with Gasteiger partial charge in [0.05, 0.1) is 5.69 Å².